The van der Waals surface area contributed by atoms with Crippen molar-refractivity contribution in [2.75, 3.05) is 44.6 Å². The van der Waals surface area contributed by atoms with Crippen LogP contribution in [0.25, 0.3) is 10.2 Å². The number of nitrogens with one attached hydrogen (secondary N) is 1. The van der Waals surface area contributed by atoms with Gasteiger partial charge in [-0.15, -0.1) is 11.3 Å². The van der Waals surface area contributed by atoms with Gasteiger partial charge in [-0.25, -0.2) is 4.98 Å². The molecule has 1 fully saturated rings. The third-order valence-electron chi connectivity index (χ3n) is 5.42. The highest BCUT2D eigenvalue weighted by Gasteiger charge is 2.21. The number of aromatic nitrogens is 1. The van der Waals surface area contributed by atoms with Gasteiger partial charge in [-0.05, 0) is 49.8 Å². The Morgan fingerprint density at radius 1 is 1.19 bits per heavy atom. The second-order valence-electron chi connectivity index (χ2n) is 7.86. The van der Waals surface area contributed by atoms with E-state index in [0.717, 1.165) is 58.0 Å². The molecule has 2 aromatic carbocycles. The van der Waals surface area contributed by atoms with Crippen LogP contribution in [0, 0.1) is 13.8 Å². The Morgan fingerprint density at radius 2 is 1.97 bits per heavy atom. The first kappa shape index (κ1) is 22.0. The second-order valence-corrected chi connectivity index (χ2v) is 9.48. The van der Waals surface area contributed by atoms with Crippen molar-refractivity contribution in [3.05, 3.63) is 53.0 Å². The number of anilines is 1. The summed E-state index contributed by atoms with van der Waals surface area (Å²) >= 11 is 7.27. The minimum Gasteiger partial charge on any atom is -0.491 e. The van der Waals surface area contributed by atoms with E-state index in [9.17, 15) is 5.11 Å². The largest absolute Gasteiger partial charge is 0.491 e. The molecule has 1 atom stereocenters. The van der Waals surface area contributed by atoms with Crippen molar-refractivity contribution >= 4 is 44.6 Å². The van der Waals surface area contributed by atoms with Gasteiger partial charge in [0.05, 0.1) is 15.2 Å². The van der Waals surface area contributed by atoms with E-state index in [4.69, 9.17) is 17.0 Å². The highest BCUT2D eigenvalue weighted by Crippen LogP contribution is 2.25. The number of aliphatic hydroxyl groups is 1. The minimum absolute atomic E-state index is 0.266. The number of β-amino-alcohol motifs (C(OH)–C–C–N with tert-alkyl or cyclic N) is 1. The molecule has 6 nitrogen and oxygen atoms in total. The van der Waals surface area contributed by atoms with Gasteiger partial charge in [-0.2, -0.15) is 0 Å². The van der Waals surface area contributed by atoms with Crippen LogP contribution >= 0.6 is 23.6 Å². The highest BCUT2D eigenvalue weighted by atomic mass is 32.1. The van der Waals surface area contributed by atoms with Crippen molar-refractivity contribution in [1.29, 1.82) is 0 Å². The summed E-state index contributed by atoms with van der Waals surface area (Å²) in [5.41, 5.74) is 3.17. The van der Waals surface area contributed by atoms with Crippen molar-refractivity contribution in [2.24, 2.45) is 0 Å². The number of fused-ring (bicyclic) bond motifs is 1. The molecular formula is C23H28N4O2S2. The number of hydrogen-bond donors (Lipinski definition) is 2. The third kappa shape index (κ3) is 5.71. The molecule has 4 rings (SSSR count). The van der Waals surface area contributed by atoms with Gasteiger partial charge >= 0.3 is 0 Å². The Kier molecular flexibility index (Phi) is 7.02. The number of thiocarbonyl (C=S) groups is 1. The average molecular weight is 457 g/mol. The number of thiazole rings is 1. The zero-order valence-electron chi connectivity index (χ0n) is 17.9. The van der Waals surface area contributed by atoms with Crippen LogP contribution in [0.4, 0.5) is 5.69 Å². The van der Waals surface area contributed by atoms with Gasteiger partial charge in [0.25, 0.3) is 0 Å². The number of para-hydroxylation sites is 1. The summed E-state index contributed by atoms with van der Waals surface area (Å²) in [7, 11) is 0. The highest BCUT2D eigenvalue weighted by molar-refractivity contribution is 7.80. The molecule has 0 amide bonds. The molecule has 0 saturated carbocycles. The standard InChI is InChI=1S/C23H28N4O2S2/c1-16-5-3-4-6-20(16)25-23(30)27-11-9-26(10-12-27)14-18(28)15-29-19-7-8-22-21(13-19)24-17(2)31-22/h3-8,13,18,28H,9-12,14-15H2,1-2H3,(H,25,30)/t18-/m1/s1. The summed E-state index contributed by atoms with van der Waals surface area (Å²) < 4.78 is 6.96. The number of nitrogens with zero attached hydrogens (tertiary/aromatic N) is 3. The molecule has 0 radical (unpaired) electrons. The first-order chi connectivity index (χ1) is 15.0. The van der Waals surface area contributed by atoms with Crippen molar-refractivity contribution in [3.63, 3.8) is 0 Å². The molecule has 1 aliphatic rings. The Balaban J connectivity index is 1.21. The van der Waals surface area contributed by atoms with Gasteiger partial charge in [0.15, 0.2) is 5.11 Å². The van der Waals surface area contributed by atoms with Gasteiger partial charge in [-0.1, -0.05) is 18.2 Å². The van der Waals surface area contributed by atoms with Gasteiger partial charge in [-0.3, -0.25) is 4.90 Å². The molecule has 0 aliphatic carbocycles. The Hall–Kier alpha value is -2.26. The predicted molar refractivity (Wildman–Crippen MR) is 131 cm³/mol. The van der Waals surface area contributed by atoms with Gasteiger partial charge in [0, 0.05) is 44.5 Å². The summed E-state index contributed by atoms with van der Waals surface area (Å²) in [5.74, 6) is 0.745. The third-order valence-corrected chi connectivity index (χ3v) is 6.74. The number of rotatable bonds is 6. The molecule has 8 heteroatoms. The molecular weight excluding hydrogens is 428 g/mol. The van der Waals surface area contributed by atoms with Gasteiger partial charge in [0.2, 0.25) is 0 Å². The fourth-order valence-corrected chi connectivity index (χ4v) is 4.80. The maximum atomic E-state index is 10.4. The quantitative estimate of drug-likeness (QED) is 0.549. The van der Waals surface area contributed by atoms with Crippen LogP contribution in [0.5, 0.6) is 5.75 Å². The molecule has 1 aromatic heterocycles. The van der Waals surface area contributed by atoms with E-state index in [1.807, 2.05) is 43.3 Å². The topological polar surface area (TPSA) is 60.9 Å². The fraction of sp³-hybridized carbons (Fsp3) is 0.391. The summed E-state index contributed by atoms with van der Waals surface area (Å²) in [6.45, 7) is 8.32. The predicted octanol–water partition coefficient (Wildman–Crippen LogP) is 3.67. The molecule has 1 aliphatic heterocycles. The van der Waals surface area contributed by atoms with Crippen LogP contribution < -0.4 is 10.1 Å². The van der Waals surface area contributed by atoms with Gasteiger partial charge < -0.3 is 20.1 Å². The summed E-state index contributed by atoms with van der Waals surface area (Å²) in [6.07, 6.45) is -0.545. The van der Waals surface area contributed by atoms with E-state index in [2.05, 4.69) is 33.1 Å². The molecule has 2 N–H and O–H groups in total. The Labute approximate surface area is 192 Å². The van der Waals surface area contributed by atoms with Crippen LogP contribution in [0.2, 0.25) is 0 Å². The van der Waals surface area contributed by atoms with Crippen LogP contribution in [-0.2, 0) is 0 Å². The lowest BCUT2D eigenvalue weighted by atomic mass is 10.2. The molecule has 0 spiro atoms. The van der Waals surface area contributed by atoms with Crippen molar-refractivity contribution in [3.8, 4) is 5.75 Å². The van der Waals surface area contributed by atoms with Crippen LogP contribution in [-0.4, -0.2) is 70.4 Å². The van der Waals surface area contributed by atoms with E-state index < -0.39 is 6.10 Å². The normalized spacial score (nSPS) is 15.8. The maximum absolute atomic E-state index is 10.4. The lowest BCUT2D eigenvalue weighted by Gasteiger charge is -2.37. The number of benzene rings is 2. The van der Waals surface area contributed by atoms with Crippen LogP contribution in [0.1, 0.15) is 10.6 Å². The minimum atomic E-state index is -0.545. The second kappa shape index (κ2) is 9.91. The number of aryl methyl sites for hydroxylation is 2. The van der Waals surface area contributed by atoms with Crippen molar-refractivity contribution < 1.29 is 9.84 Å². The zero-order chi connectivity index (χ0) is 21.8. The summed E-state index contributed by atoms with van der Waals surface area (Å²) in [5, 5.41) is 15.6. The van der Waals surface area contributed by atoms with Crippen molar-refractivity contribution in [1.82, 2.24) is 14.8 Å². The van der Waals surface area contributed by atoms with Gasteiger partial charge in [0.1, 0.15) is 18.5 Å². The first-order valence-corrected chi connectivity index (χ1v) is 11.7. The molecule has 0 unspecified atom stereocenters. The summed E-state index contributed by atoms with van der Waals surface area (Å²) in [6, 6.07) is 14.0. The Morgan fingerprint density at radius 3 is 2.74 bits per heavy atom. The van der Waals surface area contributed by atoms with E-state index >= 15 is 0 Å². The number of aliphatic hydroxyl groups excluding tert-OH is 1. The smallest absolute Gasteiger partial charge is 0.173 e. The first-order valence-electron chi connectivity index (χ1n) is 10.5. The van der Waals surface area contributed by atoms with Crippen LogP contribution in [0.15, 0.2) is 42.5 Å². The molecule has 164 valence electrons. The number of hydrogen-bond acceptors (Lipinski definition) is 6. The number of ether oxygens (including phenoxy) is 1. The zero-order valence-corrected chi connectivity index (χ0v) is 19.5. The SMILES string of the molecule is Cc1nc2cc(OC[C@H](O)CN3CCN(C(=S)Nc4ccccc4C)CC3)ccc2s1. The Bertz CT molecular complexity index is 1050. The number of piperazine rings is 1. The van der Waals surface area contributed by atoms with E-state index in [-0.39, 0.29) is 6.61 Å². The average Bonchev–Trinajstić information content (AvgIpc) is 3.13. The molecule has 0 bridgehead atoms. The fourth-order valence-electron chi connectivity index (χ4n) is 3.70. The molecule has 1 saturated heterocycles. The molecule has 2 heterocycles. The van der Waals surface area contributed by atoms with E-state index in [1.54, 1.807) is 11.3 Å². The molecule has 3 aromatic rings. The van der Waals surface area contributed by atoms with Crippen molar-refractivity contribution in [2.45, 2.75) is 20.0 Å². The molecule has 31 heavy (non-hydrogen) atoms. The van der Waals surface area contributed by atoms with E-state index in [0.29, 0.717) is 6.54 Å². The lowest BCUT2D eigenvalue weighted by Crippen LogP contribution is -2.51. The summed E-state index contributed by atoms with van der Waals surface area (Å²) in [4.78, 5) is 8.94. The maximum Gasteiger partial charge on any atom is 0.173 e. The monoisotopic (exact) mass is 456 g/mol. The van der Waals surface area contributed by atoms with E-state index in [1.165, 1.54) is 5.56 Å². The lowest BCUT2D eigenvalue weighted by molar-refractivity contribution is 0.0559. The van der Waals surface area contributed by atoms with Crippen LogP contribution in [0.3, 0.4) is 0 Å².